The topological polar surface area (TPSA) is 41.6 Å². The Morgan fingerprint density at radius 2 is 1.78 bits per heavy atom. The van der Waals surface area contributed by atoms with E-state index in [1.54, 1.807) is 5.06 Å². The van der Waals surface area contributed by atoms with Crippen molar-refractivity contribution < 1.29 is 9.63 Å². The highest BCUT2D eigenvalue weighted by molar-refractivity contribution is 5.76. The molecule has 0 aromatic heterocycles. The van der Waals surface area contributed by atoms with Gasteiger partial charge < -0.3 is 5.32 Å². The Morgan fingerprint density at radius 3 is 2.28 bits per heavy atom. The summed E-state index contributed by atoms with van der Waals surface area (Å²) in [6.45, 7) is 11.5. The average Bonchev–Trinajstić information content (AvgIpc) is 2.11. The summed E-state index contributed by atoms with van der Waals surface area (Å²) < 4.78 is 0. The van der Waals surface area contributed by atoms with Gasteiger partial charge in [0.25, 0.3) is 0 Å². The van der Waals surface area contributed by atoms with Gasteiger partial charge in [-0.2, -0.15) is 0 Å². The fraction of sp³-hybridized carbons (Fsp3) is 0.929. The molecule has 1 unspecified atom stereocenters. The fourth-order valence-electron chi connectivity index (χ4n) is 3.47. The number of rotatable bonds is 1. The molecule has 0 radical (unpaired) electrons. The monoisotopic (exact) mass is 254 g/mol. The van der Waals surface area contributed by atoms with Crippen molar-refractivity contribution in [3.05, 3.63) is 0 Å². The molecule has 0 saturated carbocycles. The van der Waals surface area contributed by atoms with Crippen LogP contribution in [-0.2, 0) is 9.63 Å². The molecule has 1 atom stereocenters. The van der Waals surface area contributed by atoms with E-state index in [9.17, 15) is 4.79 Å². The van der Waals surface area contributed by atoms with Crippen molar-refractivity contribution in [2.75, 3.05) is 6.61 Å². The van der Waals surface area contributed by atoms with Gasteiger partial charge in [0.1, 0.15) is 0 Å². The van der Waals surface area contributed by atoms with Crippen molar-refractivity contribution in [3.63, 3.8) is 0 Å². The van der Waals surface area contributed by atoms with Gasteiger partial charge in [-0.15, -0.1) is 0 Å². The number of amides is 1. The average molecular weight is 254 g/mol. The summed E-state index contributed by atoms with van der Waals surface area (Å²) in [6.07, 6.45) is 2.50. The van der Waals surface area contributed by atoms with Gasteiger partial charge in [0.05, 0.1) is 12.6 Å². The minimum atomic E-state index is 0.0408. The Balaban J connectivity index is 2.10. The van der Waals surface area contributed by atoms with Crippen molar-refractivity contribution in [1.82, 2.24) is 10.4 Å². The molecule has 2 saturated heterocycles. The first-order valence-corrected chi connectivity index (χ1v) is 6.93. The van der Waals surface area contributed by atoms with E-state index in [0.717, 1.165) is 12.8 Å². The molecule has 2 aliphatic heterocycles. The summed E-state index contributed by atoms with van der Waals surface area (Å²) in [5, 5.41) is 5.29. The van der Waals surface area contributed by atoms with Crippen LogP contribution in [0.15, 0.2) is 0 Å². The number of nitrogens with zero attached hydrogens (tertiary/aromatic N) is 1. The summed E-state index contributed by atoms with van der Waals surface area (Å²) >= 11 is 0. The molecule has 0 aliphatic carbocycles. The molecule has 0 aromatic rings. The van der Waals surface area contributed by atoms with Gasteiger partial charge >= 0.3 is 0 Å². The first-order valence-electron chi connectivity index (χ1n) is 6.93. The van der Waals surface area contributed by atoms with Gasteiger partial charge in [0, 0.05) is 17.5 Å². The lowest BCUT2D eigenvalue weighted by atomic mass is 9.79. The van der Waals surface area contributed by atoms with Gasteiger partial charge in [0.15, 0.2) is 0 Å². The predicted octanol–water partition coefficient (Wildman–Crippen LogP) is 2.10. The second-order valence-electron chi connectivity index (χ2n) is 7.28. The summed E-state index contributed by atoms with van der Waals surface area (Å²) in [6, 6.07) is 0.191. The zero-order valence-corrected chi connectivity index (χ0v) is 12.2. The minimum absolute atomic E-state index is 0.0408. The predicted molar refractivity (Wildman–Crippen MR) is 70.9 cm³/mol. The molecule has 4 heteroatoms. The molecule has 1 N–H and O–H groups in total. The summed E-state index contributed by atoms with van der Waals surface area (Å²) in [5.41, 5.74) is 0.0816. The molecule has 18 heavy (non-hydrogen) atoms. The van der Waals surface area contributed by atoms with E-state index in [1.807, 2.05) is 0 Å². The lowest BCUT2D eigenvalue weighted by Gasteiger charge is -2.49. The van der Waals surface area contributed by atoms with Gasteiger partial charge in [-0.05, 0) is 46.5 Å². The van der Waals surface area contributed by atoms with Crippen molar-refractivity contribution >= 4 is 5.91 Å². The molecule has 0 aromatic carbocycles. The second-order valence-corrected chi connectivity index (χ2v) is 7.28. The Hall–Kier alpha value is -0.610. The molecule has 1 amide bonds. The smallest absolute Gasteiger partial charge is 0.246 e. The quantitative estimate of drug-likeness (QED) is 0.779. The first kappa shape index (κ1) is 13.8. The van der Waals surface area contributed by atoms with Crippen molar-refractivity contribution in [1.29, 1.82) is 0 Å². The number of hydrogen-bond acceptors (Lipinski definition) is 3. The van der Waals surface area contributed by atoms with Crippen LogP contribution in [0.25, 0.3) is 0 Å². The van der Waals surface area contributed by atoms with Gasteiger partial charge in [-0.3, -0.25) is 9.63 Å². The highest BCUT2D eigenvalue weighted by atomic mass is 16.7. The third kappa shape index (κ3) is 3.04. The van der Waals surface area contributed by atoms with E-state index >= 15 is 0 Å². The van der Waals surface area contributed by atoms with Crippen molar-refractivity contribution in [3.8, 4) is 0 Å². The number of piperidine rings is 1. The zero-order chi connectivity index (χ0) is 13.6. The van der Waals surface area contributed by atoms with Crippen LogP contribution in [0, 0.1) is 5.92 Å². The second kappa shape index (κ2) is 4.49. The van der Waals surface area contributed by atoms with Crippen LogP contribution in [0.5, 0.6) is 0 Å². The van der Waals surface area contributed by atoms with Crippen LogP contribution in [0.1, 0.15) is 53.9 Å². The molecular weight excluding hydrogens is 228 g/mol. The summed E-state index contributed by atoms with van der Waals surface area (Å²) in [5.74, 6) is 0.490. The van der Waals surface area contributed by atoms with Gasteiger partial charge in [-0.1, -0.05) is 6.92 Å². The zero-order valence-electron chi connectivity index (χ0n) is 12.2. The third-order valence-corrected chi connectivity index (χ3v) is 3.77. The molecular formula is C14H26N2O2. The van der Waals surface area contributed by atoms with Crippen LogP contribution in [0.3, 0.4) is 0 Å². The third-order valence-electron chi connectivity index (χ3n) is 3.77. The fourth-order valence-corrected chi connectivity index (χ4v) is 3.47. The summed E-state index contributed by atoms with van der Waals surface area (Å²) in [7, 11) is 0. The van der Waals surface area contributed by atoms with E-state index in [2.05, 4.69) is 39.9 Å². The molecule has 0 bridgehead atoms. The molecule has 4 nitrogen and oxygen atoms in total. The first-order chi connectivity index (χ1) is 8.19. The van der Waals surface area contributed by atoms with E-state index in [1.165, 1.54) is 0 Å². The maximum absolute atomic E-state index is 12.1. The highest BCUT2D eigenvalue weighted by Crippen LogP contribution is 2.33. The van der Waals surface area contributed by atoms with Crippen LogP contribution >= 0.6 is 0 Å². The SMILES string of the molecule is CC1CON(C2CC(C)(C)NC(C)(C)C2)C(=O)C1. The highest BCUT2D eigenvalue weighted by Gasteiger charge is 2.42. The Kier molecular flexibility index (Phi) is 3.45. The molecule has 0 spiro atoms. The maximum Gasteiger partial charge on any atom is 0.246 e. The van der Waals surface area contributed by atoms with Gasteiger partial charge in [-0.25, -0.2) is 5.06 Å². The van der Waals surface area contributed by atoms with Crippen LogP contribution < -0.4 is 5.32 Å². The Morgan fingerprint density at radius 1 is 1.22 bits per heavy atom. The summed E-state index contributed by atoms with van der Waals surface area (Å²) in [4.78, 5) is 17.8. The maximum atomic E-state index is 12.1. The largest absolute Gasteiger partial charge is 0.307 e. The van der Waals surface area contributed by atoms with Crippen molar-refractivity contribution in [2.45, 2.75) is 71.0 Å². The molecule has 2 heterocycles. The van der Waals surface area contributed by atoms with E-state index in [0.29, 0.717) is 18.9 Å². The number of carbonyl (C=O) groups excluding carboxylic acids is 1. The lowest BCUT2D eigenvalue weighted by Crippen LogP contribution is -2.63. The number of nitrogens with one attached hydrogen (secondary N) is 1. The molecule has 2 fully saturated rings. The normalized spacial score (nSPS) is 32.6. The number of carbonyl (C=O) groups is 1. The minimum Gasteiger partial charge on any atom is -0.307 e. The molecule has 104 valence electrons. The number of hydroxylamine groups is 2. The van der Waals surface area contributed by atoms with Gasteiger partial charge in [0.2, 0.25) is 5.91 Å². The lowest BCUT2D eigenvalue weighted by molar-refractivity contribution is -0.227. The Bertz CT molecular complexity index is 323. The molecule has 2 rings (SSSR count). The standard InChI is InChI=1S/C14H26N2O2/c1-10-6-12(17)16(18-9-10)11-7-13(2,3)15-14(4,5)8-11/h10-11,15H,6-9H2,1-5H3. The number of hydrogen-bond donors (Lipinski definition) is 1. The van der Waals surface area contributed by atoms with E-state index < -0.39 is 0 Å². The van der Waals surface area contributed by atoms with Crippen molar-refractivity contribution in [2.24, 2.45) is 5.92 Å². The van der Waals surface area contributed by atoms with Crippen LogP contribution in [-0.4, -0.2) is 34.7 Å². The van der Waals surface area contributed by atoms with E-state index in [4.69, 9.17) is 4.84 Å². The van der Waals surface area contributed by atoms with Crippen LogP contribution in [0.4, 0.5) is 0 Å². The molecule has 2 aliphatic rings. The van der Waals surface area contributed by atoms with E-state index in [-0.39, 0.29) is 23.0 Å². The Labute approximate surface area is 110 Å². The van der Waals surface area contributed by atoms with Crippen LogP contribution in [0.2, 0.25) is 0 Å².